The highest BCUT2D eigenvalue weighted by molar-refractivity contribution is 5.94. The number of likely N-dealkylation sites (tertiary alicyclic amines) is 1. The van der Waals surface area contributed by atoms with Gasteiger partial charge < -0.3 is 9.32 Å². The number of furan rings is 1. The second-order valence-electron chi connectivity index (χ2n) is 4.68. The third-order valence-electron chi connectivity index (χ3n) is 3.46. The number of hydrogen-bond donors (Lipinski definition) is 0. The van der Waals surface area contributed by atoms with Crippen LogP contribution in [-0.2, 0) is 0 Å². The predicted octanol–water partition coefficient (Wildman–Crippen LogP) is 3.40. The molecule has 0 spiro atoms. The number of rotatable bonds is 2. The molecule has 2 aromatic rings. The molecule has 2 heterocycles. The van der Waals surface area contributed by atoms with Gasteiger partial charge in [-0.15, -0.1) is 0 Å². The number of benzene rings is 1. The van der Waals surface area contributed by atoms with Crippen LogP contribution in [0.1, 0.15) is 35.0 Å². The van der Waals surface area contributed by atoms with Crippen LogP contribution in [0.2, 0.25) is 0 Å². The molecule has 3 rings (SSSR count). The molecule has 1 saturated heterocycles. The van der Waals surface area contributed by atoms with Gasteiger partial charge >= 0.3 is 0 Å². The fourth-order valence-corrected chi connectivity index (χ4v) is 2.57. The van der Waals surface area contributed by atoms with E-state index < -0.39 is 0 Å². The van der Waals surface area contributed by atoms with Crippen molar-refractivity contribution in [2.75, 3.05) is 6.54 Å². The fraction of sp³-hybridized carbons (Fsp3) is 0.267. The van der Waals surface area contributed by atoms with E-state index in [-0.39, 0.29) is 17.8 Å². The molecule has 1 aromatic carbocycles. The van der Waals surface area contributed by atoms with E-state index >= 15 is 0 Å². The zero-order chi connectivity index (χ0) is 13.2. The summed E-state index contributed by atoms with van der Waals surface area (Å²) in [6.07, 6.45) is 3.43. The van der Waals surface area contributed by atoms with Crippen LogP contribution in [-0.4, -0.2) is 17.4 Å². The van der Waals surface area contributed by atoms with Gasteiger partial charge in [0.1, 0.15) is 11.6 Å². The molecular weight excluding hydrogens is 245 g/mol. The van der Waals surface area contributed by atoms with Gasteiger partial charge in [-0.2, -0.15) is 0 Å². The molecule has 4 heteroatoms. The first kappa shape index (κ1) is 12.0. The lowest BCUT2D eigenvalue weighted by atomic mass is 10.1. The summed E-state index contributed by atoms with van der Waals surface area (Å²) in [5.74, 6) is 0.264. The van der Waals surface area contributed by atoms with Gasteiger partial charge in [-0.3, -0.25) is 4.79 Å². The van der Waals surface area contributed by atoms with Crippen molar-refractivity contribution in [1.82, 2.24) is 4.90 Å². The monoisotopic (exact) mass is 259 g/mol. The minimum Gasteiger partial charge on any atom is -0.467 e. The molecule has 0 aliphatic carbocycles. The lowest BCUT2D eigenvalue weighted by molar-refractivity contribution is 0.0719. The largest absolute Gasteiger partial charge is 0.467 e. The summed E-state index contributed by atoms with van der Waals surface area (Å²) in [4.78, 5) is 14.2. The van der Waals surface area contributed by atoms with Crippen molar-refractivity contribution in [1.29, 1.82) is 0 Å². The maximum atomic E-state index is 13.2. The number of hydrogen-bond acceptors (Lipinski definition) is 2. The third kappa shape index (κ3) is 2.26. The lowest BCUT2D eigenvalue weighted by Crippen LogP contribution is -2.30. The summed E-state index contributed by atoms with van der Waals surface area (Å²) in [6, 6.07) is 9.47. The standard InChI is InChI=1S/C15H14FNO2/c16-12-5-1-4-11(10-12)15(18)17-8-2-6-13(17)14-7-3-9-19-14/h1,3-5,7,9-10,13H,2,6,8H2/t13-/m0/s1. The molecule has 0 N–H and O–H groups in total. The average molecular weight is 259 g/mol. The second kappa shape index (κ2) is 4.88. The lowest BCUT2D eigenvalue weighted by Gasteiger charge is -2.23. The molecule has 19 heavy (non-hydrogen) atoms. The maximum Gasteiger partial charge on any atom is 0.254 e. The van der Waals surface area contributed by atoms with Crippen LogP contribution in [0.4, 0.5) is 4.39 Å². The van der Waals surface area contributed by atoms with Crippen molar-refractivity contribution in [3.63, 3.8) is 0 Å². The molecule has 0 unspecified atom stereocenters. The number of carbonyl (C=O) groups excluding carboxylic acids is 1. The summed E-state index contributed by atoms with van der Waals surface area (Å²) in [7, 11) is 0. The Labute approximate surface area is 110 Å². The average Bonchev–Trinajstić information content (AvgIpc) is 3.08. The molecular formula is C15H14FNO2. The van der Waals surface area contributed by atoms with Crippen molar-refractivity contribution in [3.05, 3.63) is 59.8 Å². The predicted molar refractivity (Wildman–Crippen MR) is 68.1 cm³/mol. The van der Waals surface area contributed by atoms with Crippen molar-refractivity contribution in [3.8, 4) is 0 Å². The van der Waals surface area contributed by atoms with Gasteiger partial charge in [0.05, 0.1) is 12.3 Å². The molecule has 1 atom stereocenters. The highest BCUT2D eigenvalue weighted by Crippen LogP contribution is 2.33. The Morgan fingerprint density at radius 1 is 1.32 bits per heavy atom. The van der Waals surface area contributed by atoms with Gasteiger partial charge in [-0.1, -0.05) is 6.07 Å². The summed E-state index contributed by atoms with van der Waals surface area (Å²) in [5.41, 5.74) is 0.387. The Morgan fingerprint density at radius 2 is 2.21 bits per heavy atom. The Morgan fingerprint density at radius 3 is 2.95 bits per heavy atom. The first-order valence-corrected chi connectivity index (χ1v) is 6.35. The summed E-state index contributed by atoms with van der Waals surface area (Å²) >= 11 is 0. The van der Waals surface area contributed by atoms with Gasteiger partial charge in [-0.25, -0.2) is 4.39 Å². The molecule has 3 nitrogen and oxygen atoms in total. The second-order valence-corrected chi connectivity index (χ2v) is 4.68. The van der Waals surface area contributed by atoms with Crippen molar-refractivity contribution in [2.24, 2.45) is 0 Å². The SMILES string of the molecule is O=C(c1cccc(F)c1)N1CCC[C@H]1c1ccco1. The zero-order valence-corrected chi connectivity index (χ0v) is 10.4. The van der Waals surface area contributed by atoms with Crippen molar-refractivity contribution < 1.29 is 13.6 Å². The smallest absolute Gasteiger partial charge is 0.254 e. The van der Waals surface area contributed by atoms with Crippen LogP contribution in [0.3, 0.4) is 0 Å². The Balaban J connectivity index is 1.87. The Bertz CT molecular complexity index is 580. The molecule has 0 bridgehead atoms. The number of nitrogens with zero attached hydrogens (tertiary/aromatic N) is 1. The first-order valence-electron chi connectivity index (χ1n) is 6.35. The highest BCUT2D eigenvalue weighted by Gasteiger charge is 2.32. The van der Waals surface area contributed by atoms with Crippen LogP contribution >= 0.6 is 0 Å². The van der Waals surface area contributed by atoms with Gasteiger partial charge in [-0.05, 0) is 43.2 Å². The van der Waals surface area contributed by atoms with Crippen LogP contribution in [0, 0.1) is 5.82 Å². The van der Waals surface area contributed by atoms with E-state index in [2.05, 4.69) is 0 Å². The first-order chi connectivity index (χ1) is 9.25. The van der Waals surface area contributed by atoms with Crippen molar-refractivity contribution >= 4 is 5.91 Å². The summed E-state index contributed by atoms with van der Waals surface area (Å²) in [6.45, 7) is 0.681. The fourth-order valence-electron chi connectivity index (χ4n) is 2.57. The minimum absolute atomic E-state index is 0.0363. The van der Waals surface area contributed by atoms with E-state index in [1.165, 1.54) is 12.1 Å². The van der Waals surface area contributed by atoms with Gasteiger partial charge in [0, 0.05) is 12.1 Å². The highest BCUT2D eigenvalue weighted by atomic mass is 19.1. The molecule has 1 aromatic heterocycles. The molecule has 1 aliphatic rings. The third-order valence-corrected chi connectivity index (χ3v) is 3.46. The van der Waals surface area contributed by atoms with E-state index in [1.54, 1.807) is 23.3 Å². The molecule has 98 valence electrons. The normalized spacial score (nSPS) is 18.8. The van der Waals surface area contributed by atoms with Crippen molar-refractivity contribution in [2.45, 2.75) is 18.9 Å². The molecule has 1 fully saturated rings. The zero-order valence-electron chi connectivity index (χ0n) is 10.4. The van der Waals surface area contributed by atoms with Gasteiger partial charge in [0.25, 0.3) is 5.91 Å². The van der Waals surface area contributed by atoms with Crippen LogP contribution < -0.4 is 0 Å². The number of carbonyl (C=O) groups is 1. The maximum absolute atomic E-state index is 13.2. The molecule has 0 saturated carbocycles. The van der Waals surface area contributed by atoms with E-state index in [4.69, 9.17) is 4.42 Å². The molecule has 1 amide bonds. The Kier molecular flexibility index (Phi) is 3.07. The van der Waals surface area contributed by atoms with E-state index in [1.807, 2.05) is 12.1 Å². The van der Waals surface area contributed by atoms with E-state index in [9.17, 15) is 9.18 Å². The Hall–Kier alpha value is -2.10. The minimum atomic E-state index is -0.389. The van der Waals surface area contributed by atoms with E-state index in [0.29, 0.717) is 12.1 Å². The van der Waals surface area contributed by atoms with Crippen LogP contribution in [0.25, 0.3) is 0 Å². The van der Waals surface area contributed by atoms with Gasteiger partial charge in [0.2, 0.25) is 0 Å². The molecule has 0 radical (unpaired) electrons. The van der Waals surface area contributed by atoms with Crippen LogP contribution in [0.15, 0.2) is 47.1 Å². The van der Waals surface area contributed by atoms with Crippen LogP contribution in [0.5, 0.6) is 0 Å². The number of halogens is 1. The van der Waals surface area contributed by atoms with Gasteiger partial charge in [0.15, 0.2) is 0 Å². The van der Waals surface area contributed by atoms with E-state index in [0.717, 1.165) is 18.6 Å². The quantitative estimate of drug-likeness (QED) is 0.828. The summed E-state index contributed by atoms with van der Waals surface area (Å²) < 4.78 is 18.6. The number of amides is 1. The molecule has 1 aliphatic heterocycles. The summed E-state index contributed by atoms with van der Waals surface area (Å²) in [5, 5.41) is 0. The topological polar surface area (TPSA) is 33.5 Å².